The van der Waals surface area contributed by atoms with E-state index in [1.807, 2.05) is 24.3 Å². The summed E-state index contributed by atoms with van der Waals surface area (Å²) < 4.78 is 6.04. The van der Waals surface area contributed by atoms with E-state index in [0.29, 0.717) is 11.6 Å². The molecule has 2 heterocycles. The number of benzene rings is 4. The van der Waals surface area contributed by atoms with Gasteiger partial charge in [-0.05, 0) is 41.0 Å². The molecule has 0 amide bonds. The van der Waals surface area contributed by atoms with Gasteiger partial charge in [-0.3, -0.25) is 9.80 Å². The largest absolute Gasteiger partial charge is 0.489 e. The molecule has 6 heteroatoms. The Hall–Kier alpha value is -3.48. The van der Waals surface area contributed by atoms with Gasteiger partial charge in [-0.1, -0.05) is 96.5 Å². The quantitative estimate of drug-likeness (QED) is 0.181. The highest BCUT2D eigenvalue weighted by Gasteiger charge is 2.26. The summed E-state index contributed by atoms with van der Waals surface area (Å²) in [4.78, 5) is 10.2. The van der Waals surface area contributed by atoms with E-state index in [-0.39, 0.29) is 6.04 Å². The molecule has 0 atom stereocenters. The summed E-state index contributed by atoms with van der Waals surface area (Å²) in [6.07, 6.45) is 0. The van der Waals surface area contributed by atoms with Crippen molar-refractivity contribution in [1.82, 2.24) is 14.8 Å². The molecule has 1 aliphatic heterocycles. The molecule has 1 aliphatic rings. The summed E-state index contributed by atoms with van der Waals surface area (Å²) in [5, 5.41) is 3.95. The molecular formula is C34H32ClN3OS. The van der Waals surface area contributed by atoms with E-state index in [1.165, 1.54) is 11.1 Å². The van der Waals surface area contributed by atoms with Crippen molar-refractivity contribution in [2.24, 2.45) is 0 Å². The summed E-state index contributed by atoms with van der Waals surface area (Å²) in [7, 11) is 0. The zero-order valence-corrected chi connectivity index (χ0v) is 23.9. The molecule has 0 unspecified atom stereocenters. The molecule has 0 N–H and O–H groups in total. The molecule has 0 aliphatic carbocycles. The van der Waals surface area contributed by atoms with Crippen LogP contribution in [0.3, 0.4) is 0 Å². The van der Waals surface area contributed by atoms with Crippen molar-refractivity contribution >= 4 is 22.9 Å². The van der Waals surface area contributed by atoms with Crippen LogP contribution in [0.5, 0.6) is 5.75 Å². The Morgan fingerprint density at radius 2 is 1.38 bits per heavy atom. The Morgan fingerprint density at radius 1 is 0.750 bits per heavy atom. The highest BCUT2D eigenvalue weighted by Crippen LogP contribution is 2.31. The molecule has 1 aromatic heterocycles. The van der Waals surface area contributed by atoms with Crippen LogP contribution in [0, 0.1) is 0 Å². The van der Waals surface area contributed by atoms with Gasteiger partial charge < -0.3 is 4.74 Å². The first kappa shape index (κ1) is 26.7. The Kier molecular flexibility index (Phi) is 8.55. The minimum absolute atomic E-state index is 0.280. The lowest BCUT2D eigenvalue weighted by molar-refractivity contribution is 0.104. The molecule has 0 saturated carbocycles. The number of thiazole rings is 1. The maximum Gasteiger partial charge on any atom is 0.124 e. The van der Waals surface area contributed by atoms with Gasteiger partial charge in [-0.15, -0.1) is 11.3 Å². The maximum atomic E-state index is 6.04. The van der Waals surface area contributed by atoms with Crippen LogP contribution in [0.1, 0.15) is 28.4 Å². The molecule has 0 radical (unpaired) electrons. The second-order valence-corrected chi connectivity index (χ2v) is 11.4. The van der Waals surface area contributed by atoms with Gasteiger partial charge in [0.25, 0.3) is 0 Å². The number of nitrogens with zero attached hydrogens (tertiary/aromatic N) is 3. The van der Waals surface area contributed by atoms with Gasteiger partial charge in [-0.25, -0.2) is 4.98 Å². The summed E-state index contributed by atoms with van der Waals surface area (Å²) >= 11 is 7.72. The van der Waals surface area contributed by atoms with Gasteiger partial charge in [0.15, 0.2) is 0 Å². The monoisotopic (exact) mass is 565 g/mol. The number of halogens is 1. The molecular weight excluding hydrogens is 534 g/mol. The van der Waals surface area contributed by atoms with Crippen LogP contribution in [0.2, 0.25) is 5.02 Å². The lowest BCUT2D eigenvalue weighted by atomic mass is 9.96. The molecule has 0 spiro atoms. The highest BCUT2D eigenvalue weighted by molar-refractivity contribution is 7.13. The topological polar surface area (TPSA) is 28.6 Å². The minimum Gasteiger partial charge on any atom is -0.489 e. The van der Waals surface area contributed by atoms with E-state index in [9.17, 15) is 0 Å². The van der Waals surface area contributed by atoms with Crippen LogP contribution in [0.15, 0.2) is 115 Å². The Morgan fingerprint density at radius 3 is 2.05 bits per heavy atom. The van der Waals surface area contributed by atoms with E-state index in [1.54, 1.807) is 11.3 Å². The van der Waals surface area contributed by atoms with Gasteiger partial charge in [0.1, 0.15) is 17.4 Å². The van der Waals surface area contributed by atoms with Crippen LogP contribution in [-0.2, 0) is 13.2 Å². The molecule has 0 bridgehead atoms. The fourth-order valence-corrected chi connectivity index (χ4v) is 6.34. The van der Waals surface area contributed by atoms with Crippen LogP contribution in [0.4, 0.5) is 0 Å². The lowest BCUT2D eigenvalue weighted by Crippen LogP contribution is -2.47. The molecule has 4 aromatic carbocycles. The smallest absolute Gasteiger partial charge is 0.124 e. The van der Waals surface area contributed by atoms with Gasteiger partial charge in [0.2, 0.25) is 0 Å². The van der Waals surface area contributed by atoms with E-state index in [0.717, 1.165) is 60.3 Å². The van der Waals surface area contributed by atoms with Crippen molar-refractivity contribution in [1.29, 1.82) is 0 Å². The molecule has 202 valence electrons. The van der Waals surface area contributed by atoms with Crippen molar-refractivity contribution in [2.45, 2.75) is 19.2 Å². The summed E-state index contributed by atoms with van der Waals surface area (Å²) in [6, 6.07) is 37.9. The zero-order valence-electron chi connectivity index (χ0n) is 22.3. The molecule has 6 rings (SSSR count). The van der Waals surface area contributed by atoms with Crippen molar-refractivity contribution in [3.63, 3.8) is 0 Å². The SMILES string of the molecule is Clc1ccc(OCc2ccccc2-c2nc(CN3CCN(C(c4ccccc4)c4ccccc4)CC3)cs2)cc1. The predicted molar refractivity (Wildman–Crippen MR) is 165 cm³/mol. The standard InChI is InChI=1S/C34H32ClN3OS/c35-29-15-17-31(18-16-29)39-24-28-13-7-8-14-32(28)34-36-30(25-40-34)23-37-19-21-38(22-20-37)33(26-9-3-1-4-10-26)27-11-5-2-6-12-27/h1-18,25,33H,19-24H2. The third-order valence-corrected chi connectivity index (χ3v) is 8.57. The molecule has 5 aromatic rings. The van der Waals surface area contributed by atoms with Gasteiger partial charge in [0.05, 0.1) is 11.7 Å². The number of rotatable bonds is 9. The number of aromatic nitrogens is 1. The first-order valence-electron chi connectivity index (χ1n) is 13.7. The molecule has 4 nitrogen and oxygen atoms in total. The highest BCUT2D eigenvalue weighted by atomic mass is 35.5. The maximum absolute atomic E-state index is 6.04. The fraction of sp³-hybridized carbons (Fsp3) is 0.206. The van der Waals surface area contributed by atoms with Crippen LogP contribution in [-0.4, -0.2) is 41.0 Å². The third-order valence-electron chi connectivity index (χ3n) is 7.40. The molecule has 40 heavy (non-hydrogen) atoms. The normalized spacial score (nSPS) is 14.4. The average molecular weight is 566 g/mol. The van der Waals surface area contributed by atoms with Gasteiger partial charge >= 0.3 is 0 Å². The van der Waals surface area contributed by atoms with Gasteiger partial charge in [0, 0.05) is 48.7 Å². The third kappa shape index (κ3) is 6.45. The number of ether oxygens (including phenoxy) is 1. The van der Waals surface area contributed by atoms with Crippen LogP contribution >= 0.6 is 22.9 Å². The fourth-order valence-electron chi connectivity index (χ4n) is 5.34. The van der Waals surface area contributed by atoms with Crippen LogP contribution < -0.4 is 4.74 Å². The molecule has 1 fully saturated rings. The molecule has 1 saturated heterocycles. The van der Waals surface area contributed by atoms with E-state index in [4.69, 9.17) is 21.3 Å². The first-order chi connectivity index (χ1) is 19.7. The van der Waals surface area contributed by atoms with E-state index < -0.39 is 0 Å². The summed E-state index contributed by atoms with van der Waals surface area (Å²) in [6.45, 7) is 5.45. The summed E-state index contributed by atoms with van der Waals surface area (Å²) in [5.74, 6) is 0.806. The number of hydrogen-bond donors (Lipinski definition) is 0. The summed E-state index contributed by atoms with van der Waals surface area (Å²) in [5.41, 5.74) is 6.09. The average Bonchev–Trinajstić information content (AvgIpc) is 3.47. The number of hydrogen-bond acceptors (Lipinski definition) is 5. The van der Waals surface area contributed by atoms with Crippen molar-refractivity contribution < 1.29 is 4.74 Å². The zero-order chi connectivity index (χ0) is 27.1. The Labute approximate surface area is 245 Å². The van der Waals surface area contributed by atoms with Crippen molar-refractivity contribution in [2.75, 3.05) is 26.2 Å². The predicted octanol–water partition coefficient (Wildman–Crippen LogP) is 7.95. The van der Waals surface area contributed by atoms with Crippen molar-refractivity contribution in [3.8, 4) is 16.3 Å². The minimum atomic E-state index is 0.280. The lowest BCUT2D eigenvalue weighted by Gasteiger charge is -2.39. The van der Waals surface area contributed by atoms with Crippen LogP contribution in [0.25, 0.3) is 10.6 Å². The Balaban J connectivity index is 1.10. The van der Waals surface area contributed by atoms with Crippen molar-refractivity contribution in [3.05, 3.63) is 142 Å². The van der Waals surface area contributed by atoms with E-state index >= 15 is 0 Å². The second kappa shape index (κ2) is 12.8. The first-order valence-corrected chi connectivity index (χ1v) is 15.0. The van der Waals surface area contributed by atoms with Gasteiger partial charge in [-0.2, -0.15) is 0 Å². The number of piperazine rings is 1. The Bertz CT molecular complexity index is 1460. The second-order valence-electron chi connectivity index (χ2n) is 10.1. The van der Waals surface area contributed by atoms with E-state index in [2.05, 4.69) is 100 Å².